The number of thioether (sulfide) groups is 1. The summed E-state index contributed by atoms with van der Waals surface area (Å²) in [6.07, 6.45) is 2.40. The summed E-state index contributed by atoms with van der Waals surface area (Å²) in [5, 5.41) is 11.4. The summed E-state index contributed by atoms with van der Waals surface area (Å²) in [6.45, 7) is 3.58. The number of anilines is 1. The molecule has 0 saturated carbocycles. The van der Waals surface area contributed by atoms with E-state index in [0.29, 0.717) is 16.9 Å². The Hall–Kier alpha value is -2.83. The number of β-lactam (4-membered cyclic amide) rings is 1. The molecule has 5 N–H and O–H groups in total. The molecule has 0 spiro atoms. The van der Waals surface area contributed by atoms with E-state index in [1.54, 1.807) is 12.1 Å². The van der Waals surface area contributed by atoms with Gasteiger partial charge in [0.2, 0.25) is 15.9 Å². The molecule has 3 rings (SSSR count). The number of carboxylic acid groups (broad SMARTS) is 1. The largest absolute Gasteiger partial charge is 0.477 e. The minimum Gasteiger partial charge on any atom is -0.477 e. The Bertz CT molecular complexity index is 1070. The van der Waals surface area contributed by atoms with Crippen molar-refractivity contribution in [1.82, 2.24) is 10.2 Å². The first kappa shape index (κ1) is 21.9. The van der Waals surface area contributed by atoms with Gasteiger partial charge in [0.15, 0.2) is 0 Å². The molecule has 0 bridgehead atoms. The van der Waals surface area contributed by atoms with Crippen LogP contribution in [0.2, 0.25) is 0 Å². The quantitative estimate of drug-likeness (QED) is 0.420. The molecular weight excluding hydrogens is 432 g/mol. The lowest BCUT2D eigenvalue weighted by Gasteiger charge is -2.49. The highest BCUT2D eigenvalue weighted by Crippen LogP contribution is 2.40. The minimum absolute atomic E-state index is 0.131. The first-order valence-corrected chi connectivity index (χ1v) is 11.6. The molecule has 1 fully saturated rings. The van der Waals surface area contributed by atoms with E-state index >= 15 is 0 Å². The number of carbonyl (C=O) groups excluding carboxylic acids is 2. The average Bonchev–Trinajstić information content (AvgIpc) is 2.68. The smallest absolute Gasteiger partial charge is 0.352 e. The maximum atomic E-state index is 12.6. The Morgan fingerprint density at radius 3 is 2.73 bits per heavy atom. The van der Waals surface area contributed by atoms with Gasteiger partial charge in [-0.25, -0.2) is 13.2 Å². The van der Waals surface area contributed by atoms with Gasteiger partial charge >= 0.3 is 5.97 Å². The van der Waals surface area contributed by atoms with Crippen LogP contribution in [0.1, 0.15) is 11.6 Å². The Labute approximate surface area is 177 Å². The first-order valence-electron chi connectivity index (χ1n) is 8.70. The molecule has 30 heavy (non-hydrogen) atoms. The lowest BCUT2D eigenvalue weighted by molar-refractivity contribution is -0.150. The summed E-state index contributed by atoms with van der Waals surface area (Å²) in [6, 6.07) is 3.98. The van der Waals surface area contributed by atoms with Gasteiger partial charge in [-0.2, -0.15) is 0 Å². The Kier molecular flexibility index (Phi) is 5.92. The van der Waals surface area contributed by atoms with Gasteiger partial charge in [0, 0.05) is 11.4 Å². The first-order chi connectivity index (χ1) is 14.0. The number of sulfonamides is 1. The lowest BCUT2D eigenvalue weighted by atomic mass is 10.0. The summed E-state index contributed by atoms with van der Waals surface area (Å²) in [5.41, 5.74) is 6.90. The number of nitrogens with zero attached hydrogens (tertiary/aromatic N) is 1. The fraction of sp³-hybridized carbons (Fsp3) is 0.278. The fourth-order valence-corrected chi connectivity index (χ4v) is 5.10. The van der Waals surface area contributed by atoms with E-state index < -0.39 is 45.3 Å². The number of nitrogens with two attached hydrogens (primary N) is 1. The van der Waals surface area contributed by atoms with Crippen molar-refractivity contribution in [3.8, 4) is 0 Å². The fourth-order valence-electron chi connectivity index (χ4n) is 3.20. The standard InChI is InChI=1S/C18H20N4O6S2/c1-3-9-8-29-17-13(16(24)22(17)14(9)18(25)26)20-15(23)12(19)10-5-4-6-11(7-10)21-30(2,27)28/h3-7,12-13,17,21H,1,8,19H2,2H3,(H,20,23)(H,25,26)/t12-,13?,17+/m1/s1. The highest BCUT2D eigenvalue weighted by molar-refractivity contribution is 8.00. The predicted octanol–water partition coefficient (Wildman–Crippen LogP) is -0.0175. The van der Waals surface area contributed by atoms with Crippen LogP contribution in [-0.2, 0) is 24.4 Å². The number of fused-ring (bicyclic) bond motifs is 1. The molecule has 10 nitrogen and oxygen atoms in total. The molecule has 1 unspecified atom stereocenters. The Morgan fingerprint density at radius 2 is 2.13 bits per heavy atom. The van der Waals surface area contributed by atoms with Crippen molar-refractivity contribution in [3.63, 3.8) is 0 Å². The van der Waals surface area contributed by atoms with Crippen molar-refractivity contribution in [3.05, 3.63) is 53.8 Å². The number of carbonyl (C=O) groups is 3. The Morgan fingerprint density at radius 1 is 1.43 bits per heavy atom. The van der Waals surface area contributed by atoms with Crippen LogP contribution in [0.4, 0.5) is 5.69 Å². The van der Waals surface area contributed by atoms with Crippen LogP contribution in [0.15, 0.2) is 48.2 Å². The van der Waals surface area contributed by atoms with E-state index in [0.717, 1.165) is 11.2 Å². The van der Waals surface area contributed by atoms with E-state index in [1.807, 2.05) is 0 Å². The molecule has 2 heterocycles. The number of hydrogen-bond donors (Lipinski definition) is 4. The molecule has 1 aromatic rings. The molecule has 12 heteroatoms. The molecular formula is C18H20N4O6S2. The zero-order valence-electron chi connectivity index (χ0n) is 15.9. The molecule has 2 aliphatic heterocycles. The van der Waals surface area contributed by atoms with E-state index in [2.05, 4.69) is 16.6 Å². The highest BCUT2D eigenvalue weighted by atomic mass is 32.2. The third-order valence-corrected chi connectivity index (χ3v) is 6.48. The number of amides is 2. The van der Waals surface area contributed by atoms with Gasteiger partial charge in [-0.1, -0.05) is 24.8 Å². The van der Waals surface area contributed by atoms with Crippen LogP contribution in [-0.4, -0.2) is 59.6 Å². The molecule has 2 amide bonds. The maximum Gasteiger partial charge on any atom is 0.352 e. The van der Waals surface area contributed by atoms with Crippen LogP contribution in [0.5, 0.6) is 0 Å². The van der Waals surface area contributed by atoms with E-state index in [1.165, 1.54) is 30.0 Å². The van der Waals surface area contributed by atoms with Gasteiger partial charge in [0.1, 0.15) is 23.2 Å². The molecule has 1 aromatic carbocycles. The van der Waals surface area contributed by atoms with Crippen LogP contribution in [0.25, 0.3) is 0 Å². The topological polar surface area (TPSA) is 159 Å². The number of carboxylic acids is 1. The van der Waals surface area contributed by atoms with Crippen LogP contribution in [0.3, 0.4) is 0 Å². The average molecular weight is 453 g/mol. The van der Waals surface area contributed by atoms with E-state index in [9.17, 15) is 27.9 Å². The van der Waals surface area contributed by atoms with Crippen molar-refractivity contribution in [1.29, 1.82) is 0 Å². The molecule has 160 valence electrons. The van der Waals surface area contributed by atoms with E-state index in [-0.39, 0.29) is 11.4 Å². The van der Waals surface area contributed by atoms with Crippen molar-refractivity contribution in [2.45, 2.75) is 17.5 Å². The monoisotopic (exact) mass is 452 g/mol. The predicted molar refractivity (Wildman–Crippen MR) is 112 cm³/mol. The summed E-state index contributed by atoms with van der Waals surface area (Å²) >= 11 is 1.32. The minimum atomic E-state index is -3.50. The van der Waals surface area contributed by atoms with Gasteiger partial charge in [0.25, 0.3) is 5.91 Å². The summed E-state index contributed by atoms with van der Waals surface area (Å²) in [4.78, 5) is 37.8. The molecule has 2 aliphatic rings. The lowest BCUT2D eigenvalue weighted by Crippen LogP contribution is -2.71. The summed E-state index contributed by atoms with van der Waals surface area (Å²) < 4.78 is 25.1. The van der Waals surface area contributed by atoms with Crippen LogP contribution in [0, 0.1) is 0 Å². The summed E-state index contributed by atoms with van der Waals surface area (Å²) in [7, 11) is -3.50. The molecule has 0 aliphatic carbocycles. The van der Waals surface area contributed by atoms with Gasteiger partial charge in [-0.15, -0.1) is 11.8 Å². The highest BCUT2D eigenvalue weighted by Gasteiger charge is 2.54. The van der Waals surface area contributed by atoms with Crippen molar-refractivity contribution >= 4 is 45.3 Å². The number of aliphatic carboxylic acids is 1. The number of benzene rings is 1. The second-order valence-corrected chi connectivity index (χ2v) is 9.61. The third kappa shape index (κ3) is 4.20. The van der Waals surface area contributed by atoms with Gasteiger partial charge in [-0.05, 0) is 23.3 Å². The Balaban J connectivity index is 1.73. The number of allylic oxidation sites excluding steroid dienone is 1. The van der Waals surface area contributed by atoms with Crippen molar-refractivity contribution in [2.24, 2.45) is 5.73 Å². The number of rotatable bonds is 7. The van der Waals surface area contributed by atoms with Gasteiger partial charge in [-0.3, -0.25) is 19.2 Å². The summed E-state index contributed by atoms with van der Waals surface area (Å²) in [5.74, 6) is -2.07. The molecule has 0 radical (unpaired) electrons. The van der Waals surface area contributed by atoms with Crippen molar-refractivity contribution in [2.75, 3.05) is 16.7 Å². The molecule has 1 saturated heterocycles. The maximum absolute atomic E-state index is 12.6. The zero-order valence-corrected chi connectivity index (χ0v) is 17.5. The van der Waals surface area contributed by atoms with E-state index in [4.69, 9.17) is 5.73 Å². The number of hydrogen-bond acceptors (Lipinski definition) is 7. The molecule has 3 atom stereocenters. The molecule has 0 aromatic heterocycles. The second-order valence-electron chi connectivity index (χ2n) is 6.76. The van der Waals surface area contributed by atoms with Crippen LogP contribution >= 0.6 is 11.8 Å². The zero-order chi connectivity index (χ0) is 22.2. The number of nitrogens with one attached hydrogen (secondary N) is 2. The normalized spacial score (nSPS) is 21.9. The third-order valence-electron chi connectivity index (χ3n) is 4.58. The second kappa shape index (κ2) is 8.13. The van der Waals surface area contributed by atoms with Gasteiger partial charge < -0.3 is 16.2 Å². The van der Waals surface area contributed by atoms with Gasteiger partial charge in [0.05, 0.1) is 6.26 Å². The SMILES string of the molecule is C=CC1=C(C(=O)O)N2C(=O)C(NC(=O)[C@H](N)c3cccc(NS(C)(=O)=O)c3)[C@@H]2SC1. The van der Waals surface area contributed by atoms with Crippen LogP contribution < -0.4 is 15.8 Å². The van der Waals surface area contributed by atoms with Crippen molar-refractivity contribution < 1.29 is 27.9 Å².